The largest absolute Gasteiger partial charge is 0.444 e. The number of hydrogen-bond donors (Lipinski definition) is 1. The summed E-state index contributed by atoms with van der Waals surface area (Å²) in [6.45, 7) is 11.7. The molecule has 1 atom stereocenters. The van der Waals surface area contributed by atoms with Gasteiger partial charge in [0.15, 0.2) is 0 Å². The van der Waals surface area contributed by atoms with Crippen LogP contribution in [0.15, 0.2) is 53.5 Å². The summed E-state index contributed by atoms with van der Waals surface area (Å²) in [6.07, 6.45) is 5.90. The number of amides is 1. The summed E-state index contributed by atoms with van der Waals surface area (Å²) < 4.78 is 5.37. The Hall–Kier alpha value is -2.53. The van der Waals surface area contributed by atoms with Gasteiger partial charge in [-0.2, -0.15) is 0 Å². The third kappa shape index (κ3) is 8.62. The normalized spacial score (nSPS) is 13.7. The summed E-state index contributed by atoms with van der Waals surface area (Å²) >= 11 is 1.62. The van der Waals surface area contributed by atoms with Gasteiger partial charge in [-0.25, -0.2) is 4.79 Å². The molecule has 0 radical (unpaired) electrons. The van der Waals surface area contributed by atoms with Crippen molar-refractivity contribution in [3.05, 3.63) is 70.1 Å². The van der Waals surface area contributed by atoms with Gasteiger partial charge in [-0.15, -0.1) is 11.8 Å². The summed E-state index contributed by atoms with van der Waals surface area (Å²) in [4.78, 5) is 16.7. The number of rotatable bonds is 8. The fourth-order valence-corrected chi connectivity index (χ4v) is 3.81. The van der Waals surface area contributed by atoms with Crippen molar-refractivity contribution in [2.45, 2.75) is 57.9 Å². The van der Waals surface area contributed by atoms with Gasteiger partial charge in [0.1, 0.15) is 5.60 Å². The Bertz CT molecular complexity index is 1010. The Morgan fingerprint density at radius 1 is 1.19 bits per heavy atom. The van der Waals surface area contributed by atoms with Gasteiger partial charge in [-0.1, -0.05) is 55.1 Å². The van der Waals surface area contributed by atoms with E-state index >= 15 is 0 Å². The van der Waals surface area contributed by atoms with Crippen molar-refractivity contribution >= 4 is 36.3 Å². The Labute approximate surface area is 190 Å². The van der Waals surface area contributed by atoms with Crippen LogP contribution >= 0.6 is 11.8 Å². The molecule has 31 heavy (non-hydrogen) atoms. The SMILES string of the molecule is C=c1cccc/c1=C(\Cc1cccc(CCC(NC(=O)OC(C)(C)C)SC)c1)N=CC. The van der Waals surface area contributed by atoms with Crippen LogP contribution in [0.1, 0.15) is 45.2 Å². The van der Waals surface area contributed by atoms with E-state index in [1.54, 1.807) is 11.8 Å². The molecule has 4 nitrogen and oxygen atoms in total. The summed E-state index contributed by atoms with van der Waals surface area (Å²) in [5.41, 5.74) is 2.97. The highest BCUT2D eigenvalue weighted by Crippen LogP contribution is 2.17. The van der Waals surface area contributed by atoms with E-state index in [2.05, 4.69) is 47.2 Å². The maximum absolute atomic E-state index is 12.1. The van der Waals surface area contributed by atoms with Crippen molar-refractivity contribution in [2.24, 2.45) is 4.99 Å². The lowest BCUT2D eigenvalue weighted by Gasteiger charge is -2.22. The van der Waals surface area contributed by atoms with Crippen LogP contribution in [0.25, 0.3) is 12.3 Å². The van der Waals surface area contributed by atoms with Gasteiger partial charge in [0.25, 0.3) is 0 Å². The van der Waals surface area contributed by atoms with Crippen LogP contribution in [0.5, 0.6) is 0 Å². The Balaban J connectivity index is 2.09. The highest BCUT2D eigenvalue weighted by molar-refractivity contribution is 7.99. The van der Waals surface area contributed by atoms with Crippen molar-refractivity contribution in [2.75, 3.05) is 6.26 Å². The minimum atomic E-state index is -0.497. The molecule has 166 valence electrons. The molecule has 0 fully saturated rings. The van der Waals surface area contributed by atoms with Crippen LogP contribution in [0, 0.1) is 0 Å². The number of aliphatic imine (C=N–C) groups is 1. The number of hydrogen-bond acceptors (Lipinski definition) is 4. The zero-order valence-corrected chi connectivity index (χ0v) is 20.1. The summed E-state index contributed by atoms with van der Waals surface area (Å²) in [6, 6.07) is 16.7. The molecule has 0 heterocycles. The first-order valence-corrected chi connectivity index (χ1v) is 11.9. The van der Waals surface area contributed by atoms with Gasteiger partial charge in [0, 0.05) is 17.9 Å². The zero-order valence-electron chi connectivity index (χ0n) is 19.3. The Morgan fingerprint density at radius 2 is 1.90 bits per heavy atom. The molecule has 0 bridgehead atoms. The lowest BCUT2D eigenvalue weighted by molar-refractivity contribution is 0.0520. The molecule has 0 aliphatic heterocycles. The van der Waals surface area contributed by atoms with Crippen molar-refractivity contribution < 1.29 is 9.53 Å². The minimum absolute atomic E-state index is 0.00311. The molecule has 1 N–H and O–H groups in total. The molecule has 0 spiro atoms. The third-order valence-corrected chi connectivity index (χ3v) is 5.56. The lowest BCUT2D eigenvalue weighted by Crippen LogP contribution is -2.37. The van der Waals surface area contributed by atoms with Crippen LogP contribution in [-0.2, 0) is 17.6 Å². The molecule has 2 aromatic rings. The first kappa shape index (κ1) is 24.7. The number of alkyl carbamates (subject to hydrolysis) is 1. The average molecular weight is 439 g/mol. The average Bonchev–Trinajstić information content (AvgIpc) is 2.70. The smallest absolute Gasteiger partial charge is 0.408 e. The van der Waals surface area contributed by atoms with Gasteiger partial charge in [-0.05, 0) is 63.1 Å². The van der Waals surface area contributed by atoms with Gasteiger partial charge in [-0.3, -0.25) is 4.99 Å². The molecule has 0 saturated heterocycles. The topological polar surface area (TPSA) is 50.7 Å². The quantitative estimate of drug-likeness (QED) is 0.481. The number of benzene rings is 2. The second-order valence-electron chi connectivity index (χ2n) is 8.40. The summed E-state index contributed by atoms with van der Waals surface area (Å²) in [5.74, 6) is 0. The van der Waals surface area contributed by atoms with E-state index in [-0.39, 0.29) is 11.5 Å². The van der Waals surface area contributed by atoms with E-state index in [9.17, 15) is 4.79 Å². The molecule has 0 saturated carbocycles. The molecule has 2 rings (SSSR count). The van der Waals surface area contributed by atoms with Crippen molar-refractivity contribution in [3.8, 4) is 0 Å². The first-order chi connectivity index (χ1) is 14.7. The molecule has 0 aliphatic rings. The molecule has 5 heteroatoms. The Kier molecular flexibility index (Phi) is 9.38. The maximum atomic E-state index is 12.1. The maximum Gasteiger partial charge on any atom is 0.408 e. The predicted molar refractivity (Wildman–Crippen MR) is 134 cm³/mol. The van der Waals surface area contributed by atoms with E-state index in [0.717, 1.165) is 35.4 Å². The molecule has 1 amide bonds. The molecular weight excluding hydrogens is 404 g/mol. The monoisotopic (exact) mass is 438 g/mol. The predicted octanol–water partition coefficient (Wildman–Crippen LogP) is 4.68. The van der Waals surface area contributed by atoms with Crippen LogP contribution in [-0.4, -0.2) is 29.5 Å². The molecular formula is C26H34N2O2S. The molecule has 0 aliphatic carbocycles. The molecule has 1 unspecified atom stereocenters. The highest BCUT2D eigenvalue weighted by Gasteiger charge is 2.19. The standard InChI is InChI=1S/C26H34N2O2S/c1-7-27-23(22-14-9-8-11-19(22)2)18-21-13-10-12-20(17-21)15-16-24(31-6)28-25(29)30-26(3,4)5/h7-14,17,24H,2,15-16,18H2,1,3-6H3,(H,28,29)/b23-22-,27-7?. The van der Waals surface area contributed by atoms with Crippen LogP contribution in [0.2, 0.25) is 0 Å². The van der Waals surface area contributed by atoms with E-state index in [0.29, 0.717) is 0 Å². The van der Waals surface area contributed by atoms with Crippen molar-refractivity contribution in [3.63, 3.8) is 0 Å². The lowest BCUT2D eigenvalue weighted by atomic mass is 10.0. The van der Waals surface area contributed by atoms with Gasteiger partial charge in [0.05, 0.1) is 11.1 Å². The molecule has 2 aromatic carbocycles. The summed E-state index contributed by atoms with van der Waals surface area (Å²) in [7, 11) is 0. The number of nitrogens with zero attached hydrogens (tertiary/aromatic N) is 1. The van der Waals surface area contributed by atoms with E-state index in [4.69, 9.17) is 4.74 Å². The van der Waals surface area contributed by atoms with Crippen LogP contribution in [0.3, 0.4) is 0 Å². The fraction of sp³-hybridized carbons (Fsp3) is 0.385. The van der Waals surface area contributed by atoms with Crippen molar-refractivity contribution in [1.29, 1.82) is 0 Å². The van der Waals surface area contributed by atoms with Crippen LogP contribution < -0.4 is 15.8 Å². The number of aryl methyl sites for hydroxylation is 1. The highest BCUT2D eigenvalue weighted by atomic mass is 32.2. The minimum Gasteiger partial charge on any atom is -0.444 e. The van der Waals surface area contributed by atoms with Crippen molar-refractivity contribution in [1.82, 2.24) is 5.32 Å². The van der Waals surface area contributed by atoms with E-state index in [1.807, 2.05) is 58.4 Å². The number of nitrogens with one attached hydrogen (secondary N) is 1. The second-order valence-corrected chi connectivity index (χ2v) is 9.44. The fourth-order valence-electron chi connectivity index (χ4n) is 3.24. The van der Waals surface area contributed by atoms with Gasteiger partial charge in [0.2, 0.25) is 0 Å². The van der Waals surface area contributed by atoms with Gasteiger partial charge >= 0.3 is 6.09 Å². The van der Waals surface area contributed by atoms with E-state index in [1.165, 1.54) is 11.1 Å². The van der Waals surface area contributed by atoms with Gasteiger partial charge < -0.3 is 10.1 Å². The second kappa shape index (κ2) is 11.8. The number of carbonyl (C=O) groups is 1. The number of ether oxygens (including phenoxy) is 1. The van der Waals surface area contributed by atoms with Crippen LogP contribution in [0.4, 0.5) is 4.79 Å². The molecule has 0 aromatic heterocycles. The number of carbonyl (C=O) groups excluding carboxylic acids is 1. The summed E-state index contributed by atoms with van der Waals surface area (Å²) in [5, 5.41) is 5.02. The Morgan fingerprint density at radius 3 is 2.55 bits per heavy atom. The first-order valence-electron chi connectivity index (χ1n) is 10.6. The zero-order chi connectivity index (χ0) is 22.9. The third-order valence-electron chi connectivity index (χ3n) is 4.63. The van der Waals surface area contributed by atoms with E-state index < -0.39 is 5.60 Å². The number of thioether (sulfide) groups is 1.